The summed E-state index contributed by atoms with van der Waals surface area (Å²) in [6.07, 6.45) is 0. The van der Waals surface area contributed by atoms with E-state index < -0.39 is 0 Å². The maximum absolute atomic E-state index is 13.6. The smallest absolute Gasteiger partial charge is 0.165 e. The molecule has 2 aromatic rings. The van der Waals surface area contributed by atoms with Gasteiger partial charge in [-0.3, -0.25) is 0 Å². The van der Waals surface area contributed by atoms with Crippen molar-refractivity contribution in [1.29, 1.82) is 0 Å². The zero-order chi connectivity index (χ0) is 13.8. The molecule has 0 saturated carbocycles. The Morgan fingerprint density at radius 1 is 1.05 bits per heavy atom. The van der Waals surface area contributed by atoms with Gasteiger partial charge >= 0.3 is 0 Å². The minimum atomic E-state index is -0.352. The van der Waals surface area contributed by atoms with E-state index in [1.54, 1.807) is 12.1 Å². The van der Waals surface area contributed by atoms with E-state index in [9.17, 15) is 4.39 Å². The molecule has 0 spiro atoms. The number of hydrogen-bond acceptors (Lipinski definition) is 2. The Morgan fingerprint density at radius 2 is 1.74 bits per heavy atom. The lowest BCUT2D eigenvalue weighted by Gasteiger charge is -2.11. The lowest BCUT2D eigenvalue weighted by molar-refractivity contribution is 0.442. The highest BCUT2D eigenvalue weighted by Crippen LogP contribution is 2.26. The summed E-state index contributed by atoms with van der Waals surface area (Å²) in [5.41, 5.74) is 1.99. The van der Waals surface area contributed by atoms with Crippen LogP contribution in [0.3, 0.4) is 0 Å². The van der Waals surface area contributed by atoms with Crippen molar-refractivity contribution >= 4 is 5.69 Å². The molecule has 1 N–H and O–H groups in total. The van der Waals surface area contributed by atoms with Crippen LogP contribution in [0, 0.1) is 12.7 Å². The molecule has 0 amide bonds. The summed E-state index contributed by atoms with van der Waals surface area (Å²) in [7, 11) is 0. The molecule has 3 heteroatoms. The number of hydrogen-bond donors (Lipinski definition) is 1. The molecule has 2 rings (SSSR count). The third kappa shape index (κ3) is 3.71. The summed E-state index contributed by atoms with van der Waals surface area (Å²) in [5.74, 6) is 0.526. The van der Waals surface area contributed by atoms with Gasteiger partial charge in [-0.25, -0.2) is 4.39 Å². The van der Waals surface area contributed by atoms with E-state index in [0.717, 1.165) is 11.3 Å². The highest BCUT2D eigenvalue weighted by atomic mass is 19.1. The number of nitrogens with one attached hydrogen (secondary N) is 1. The molecule has 0 fully saturated rings. The van der Waals surface area contributed by atoms with E-state index in [1.165, 1.54) is 6.07 Å². The maximum atomic E-state index is 13.6. The maximum Gasteiger partial charge on any atom is 0.165 e. The van der Waals surface area contributed by atoms with Crippen LogP contribution in [0.2, 0.25) is 0 Å². The van der Waals surface area contributed by atoms with Crippen LogP contribution in [0.4, 0.5) is 10.1 Å². The first-order chi connectivity index (χ1) is 9.04. The highest BCUT2D eigenvalue weighted by molar-refractivity contribution is 5.47. The van der Waals surface area contributed by atoms with Gasteiger partial charge in [0.15, 0.2) is 11.6 Å². The highest BCUT2D eigenvalue weighted by Gasteiger charge is 2.05. The van der Waals surface area contributed by atoms with Crippen LogP contribution in [-0.4, -0.2) is 6.04 Å². The van der Waals surface area contributed by atoms with Crippen LogP contribution in [0.5, 0.6) is 11.5 Å². The summed E-state index contributed by atoms with van der Waals surface area (Å²) in [6, 6.07) is 12.7. The van der Waals surface area contributed by atoms with Gasteiger partial charge in [-0.1, -0.05) is 6.07 Å². The third-order valence-corrected chi connectivity index (χ3v) is 2.62. The molecule has 0 aromatic heterocycles. The lowest BCUT2D eigenvalue weighted by Crippen LogP contribution is -2.09. The average Bonchev–Trinajstić information content (AvgIpc) is 2.35. The Bertz CT molecular complexity index is 549. The zero-order valence-electron chi connectivity index (χ0n) is 11.4. The van der Waals surface area contributed by atoms with Gasteiger partial charge in [0.25, 0.3) is 0 Å². The largest absolute Gasteiger partial charge is 0.454 e. The Labute approximate surface area is 113 Å². The first-order valence-electron chi connectivity index (χ1n) is 6.35. The van der Waals surface area contributed by atoms with E-state index in [1.807, 2.05) is 31.2 Å². The second-order valence-electron chi connectivity index (χ2n) is 4.86. The van der Waals surface area contributed by atoms with Gasteiger partial charge in [-0.05, 0) is 62.7 Å². The van der Waals surface area contributed by atoms with Crippen molar-refractivity contribution in [1.82, 2.24) is 0 Å². The standard InChI is InChI=1S/C16H18FNO/c1-11(2)18-13-5-7-14(8-6-13)19-16-10-12(3)4-9-15(16)17/h4-11,18H,1-3H3. The SMILES string of the molecule is Cc1ccc(F)c(Oc2ccc(NC(C)C)cc2)c1. The number of halogens is 1. The molecule has 2 aromatic carbocycles. The van der Waals surface area contributed by atoms with Crippen molar-refractivity contribution in [3.8, 4) is 11.5 Å². The van der Waals surface area contributed by atoms with Crippen LogP contribution in [-0.2, 0) is 0 Å². The minimum Gasteiger partial charge on any atom is -0.454 e. The van der Waals surface area contributed by atoms with E-state index in [4.69, 9.17) is 4.74 Å². The first kappa shape index (κ1) is 13.4. The normalized spacial score (nSPS) is 10.6. The van der Waals surface area contributed by atoms with Crippen LogP contribution in [0.25, 0.3) is 0 Å². The number of aryl methyl sites for hydroxylation is 1. The van der Waals surface area contributed by atoms with Crippen molar-refractivity contribution in [2.45, 2.75) is 26.8 Å². The Balaban J connectivity index is 2.13. The van der Waals surface area contributed by atoms with Gasteiger partial charge in [0.05, 0.1) is 0 Å². The predicted octanol–water partition coefficient (Wildman–Crippen LogP) is 4.75. The van der Waals surface area contributed by atoms with Crippen molar-refractivity contribution in [3.05, 3.63) is 53.8 Å². The average molecular weight is 259 g/mol. The molecule has 0 heterocycles. The van der Waals surface area contributed by atoms with Gasteiger partial charge in [0, 0.05) is 11.7 Å². The zero-order valence-corrected chi connectivity index (χ0v) is 11.4. The lowest BCUT2D eigenvalue weighted by atomic mass is 10.2. The summed E-state index contributed by atoms with van der Waals surface area (Å²) in [6.45, 7) is 6.06. The van der Waals surface area contributed by atoms with E-state index in [0.29, 0.717) is 11.8 Å². The van der Waals surface area contributed by atoms with Gasteiger partial charge in [0.1, 0.15) is 5.75 Å². The van der Waals surface area contributed by atoms with Crippen molar-refractivity contribution in [2.75, 3.05) is 5.32 Å². The number of ether oxygens (including phenoxy) is 1. The Kier molecular flexibility index (Phi) is 4.05. The van der Waals surface area contributed by atoms with Crippen LogP contribution >= 0.6 is 0 Å². The van der Waals surface area contributed by atoms with Gasteiger partial charge in [-0.15, -0.1) is 0 Å². The first-order valence-corrected chi connectivity index (χ1v) is 6.35. The van der Waals surface area contributed by atoms with Crippen molar-refractivity contribution < 1.29 is 9.13 Å². The molecule has 0 atom stereocenters. The minimum absolute atomic E-state index is 0.254. The molecule has 2 nitrogen and oxygen atoms in total. The number of rotatable bonds is 4. The molecule has 0 aliphatic carbocycles. The second-order valence-corrected chi connectivity index (χ2v) is 4.86. The van der Waals surface area contributed by atoms with Crippen LogP contribution in [0.1, 0.15) is 19.4 Å². The fourth-order valence-corrected chi connectivity index (χ4v) is 1.77. The second kappa shape index (κ2) is 5.74. The van der Waals surface area contributed by atoms with Gasteiger partial charge in [0.2, 0.25) is 0 Å². The predicted molar refractivity (Wildman–Crippen MR) is 76.4 cm³/mol. The number of anilines is 1. The van der Waals surface area contributed by atoms with E-state index in [2.05, 4.69) is 19.2 Å². The van der Waals surface area contributed by atoms with Gasteiger partial charge in [-0.2, -0.15) is 0 Å². The summed E-state index contributed by atoms with van der Waals surface area (Å²) in [5, 5.41) is 3.29. The van der Waals surface area contributed by atoms with Gasteiger partial charge < -0.3 is 10.1 Å². The molecule has 19 heavy (non-hydrogen) atoms. The van der Waals surface area contributed by atoms with Crippen molar-refractivity contribution in [3.63, 3.8) is 0 Å². The van der Waals surface area contributed by atoms with E-state index >= 15 is 0 Å². The molecule has 0 saturated heterocycles. The Morgan fingerprint density at radius 3 is 2.37 bits per heavy atom. The fraction of sp³-hybridized carbons (Fsp3) is 0.250. The molecule has 0 unspecified atom stereocenters. The number of benzene rings is 2. The van der Waals surface area contributed by atoms with Crippen LogP contribution in [0.15, 0.2) is 42.5 Å². The molecule has 0 aliphatic heterocycles. The summed E-state index contributed by atoms with van der Waals surface area (Å²) < 4.78 is 19.1. The molecular formula is C16H18FNO. The van der Waals surface area contributed by atoms with Crippen LogP contribution < -0.4 is 10.1 Å². The Hall–Kier alpha value is -2.03. The summed E-state index contributed by atoms with van der Waals surface area (Å²) in [4.78, 5) is 0. The quantitative estimate of drug-likeness (QED) is 0.855. The molecule has 0 bridgehead atoms. The molecular weight excluding hydrogens is 241 g/mol. The molecule has 100 valence electrons. The topological polar surface area (TPSA) is 21.3 Å². The molecule has 0 radical (unpaired) electrons. The fourth-order valence-electron chi connectivity index (χ4n) is 1.77. The third-order valence-electron chi connectivity index (χ3n) is 2.62. The molecule has 0 aliphatic rings. The van der Waals surface area contributed by atoms with E-state index in [-0.39, 0.29) is 11.6 Å². The monoisotopic (exact) mass is 259 g/mol. The van der Waals surface area contributed by atoms with Crippen molar-refractivity contribution in [2.24, 2.45) is 0 Å². The summed E-state index contributed by atoms with van der Waals surface area (Å²) >= 11 is 0.